The lowest BCUT2D eigenvalue weighted by atomic mass is 10.3. The zero-order chi connectivity index (χ0) is 16.2. The van der Waals surface area contributed by atoms with E-state index < -0.39 is 11.2 Å². The number of nitrogens with zero attached hydrogens (tertiary/aromatic N) is 3. The van der Waals surface area contributed by atoms with E-state index in [1.54, 1.807) is 30.5 Å². The number of ether oxygens (including phenoxy) is 1. The molecule has 2 aromatic heterocycles. The van der Waals surface area contributed by atoms with Crippen molar-refractivity contribution >= 4 is 11.6 Å². The molecule has 0 saturated carbocycles. The van der Waals surface area contributed by atoms with Crippen LogP contribution < -0.4 is 10.2 Å². The minimum atomic E-state index is -0.502. The van der Waals surface area contributed by atoms with Crippen LogP contribution in [0.3, 0.4) is 0 Å². The molecule has 3 rings (SSSR count). The topological polar surface area (TPSA) is 90.4 Å². The zero-order valence-corrected chi connectivity index (χ0v) is 12.6. The monoisotopic (exact) mass is 333 g/mol. The van der Waals surface area contributed by atoms with Crippen molar-refractivity contribution in [2.24, 2.45) is 0 Å². The van der Waals surface area contributed by atoms with Crippen molar-refractivity contribution in [2.45, 2.75) is 13.2 Å². The fourth-order valence-electron chi connectivity index (χ4n) is 1.86. The van der Waals surface area contributed by atoms with E-state index >= 15 is 0 Å². The van der Waals surface area contributed by atoms with Crippen LogP contribution in [0.25, 0.3) is 0 Å². The predicted octanol–water partition coefficient (Wildman–Crippen LogP) is 2.22. The van der Waals surface area contributed by atoms with Crippen LogP contribution in [0.1, 0.15) is 11.5 Å². The van der Waals surface area contributed by atoms with Crippen LogP contribution in [-0.2, 0) is 13.2 Å². The Bertz CT molecular complexity index is 858. The summed E-state index contributed by atoms with van der Waals surface area (Å²) in [7, 11) is 0. The molecule has 0 aliphatic rings. The van der Waals surface area contributed by atoms with Gasteiger partial charge in [-0.05, 0) is 24.3 Å². The van der Waals surface area contributed by atoms with Gasteiger partial charge in [-0.2, -0.15) is 0 Å². The maximum Gasteiger partial charge on any atom is 0.226 e. The Kier molecular flexibility index (Phi) is 4.29. The van der Waals surface area contributed by atoms with Crippen molar-refractivity contribution in [3.8, 4) is 11.5 Å². The molecular formula is C15H12ClN3O4. The highest BCUT2D eigenvalue weighted by molar-refractivity contribution is 6.30. The van der Waals surface area contributed by atoms with Gasteiger partial charge in [0, 0.05) is 11.1 Å². The Morgan fingerprint density at radius 2 is 2.09 bits per heavy atom. The van der Waals surface area contributed by atoms with Crippen molar-refractivity contribution < 1.29 is 14.3 Å². The third-order valence-electron chi connectivity index (χ3n) is 2.97. The molecule has 1 aromatic carbocycles. The van der Waals surface area contributed by atoms with Gasteiger partial charge in [0.05, 0.1) is 6.20 Å². The largest absolute Gasteiger partial charge is 0.502 e. The number of benzene rings is 1. The predicted molar refractivity (Wildman–Crippen MR) is 81.6 cm³/mol. The van der Waals surface area contributed by atoms with E-state index in [2.05, 4.69) is 10.3 Å². The van der Waals surface area contributed by atoms with E-state index in [1.807, 2.05) is 0 Å². The average molecular weight is 334 g/mol. The second-order valence-corrected chi connectivity index (χ2v) is 5.18. The maximum absolute atomic E-state index is 11.3. The van der Waals surface area contributed by atoms with Crippen LogP contribution in [0.5, 0.6) is 11.5 Å². The first-order chi connectivity index (χ1) is 11.1. The van der Waals surface area contributed by atoms with E-state index in [9.17, 15) is 4.79 Å². The number of hydrogen-bond donors (Lipinski definition) is 1. The fourth-order valence-corrected chi connectivity index (χ4v) is 1.98. The van der Waals surface area contributed by atoms with Crippen molar-refractivity contribution in [3.63, 3.8) is 0 Å². The normalized spacial score (nSPS) is 10.7. The van der Waals surface area contributed by atoms with Crippen LogP contribution in [0, 0.1) is 0 Å². The highest BCUT2D eigenvalue weighted by atomic mass is 35.5. The van der Waals surface area contributed by atoms with Gasteiger partial charge in [0.1, 0.15) is 36.6 Å². The minimum absolute atomic E-state index is 0.226. The van der Waals surface area contributed by atoms with Crippen LogP contribution in [0.2, 0.25) is 5.02 Å². The summed E-state index contributed by atoms with van der Waals surface area (Å²) in [6.45, 7) is 0.477. The molecule has 0 spiro atoms. The summed E-state index contributed by atoms with van der Waals surface area (Å²) in [5.41, 5.74) is 0.124. The van der Waals surface area contributed by atoms with E-state index in [0.29, 0.717) is 22.2 Å². The highest BCUT2D eigenvalue weighted by Gasteiger charge is 2.06. The number of aromatic nitrogens is 3. The Morgan fingerprint density at radius 1 is 1.30 bits per heavy atom. The van der Waals surface area contributed by atoms with Crippen LogP contribution >= 0.6 is 11.6 Å². The molecule has 2 heterocycles. The lowest BCUT2D eigenvalue weighted by molar-refractivity contribution is 0.301. The molecule has 0 aliphatic heterocycles. The zero-order valence-electron chi connectivity index (χ0n) is 11.8. The number of rotatable bonds is 5. The quantitative estimate of drug-likeness (QED) is 0.770. The van der Waals surface area contributed by atoms with E-state index in [4.69, 9.17) is 25.9 Å². The lowest BCUT2D eigenvalue weighted by Gasteiger charge is -2.03. The van der Waals surface area contributed by atoms with Gasteiger partial charge in [0.2, 0.25) is 5.43 Å². The smallest absolute Gasteiger partial charge is 0.226 e. The summed E-state index contributed by atoms with van der Waals surface area (Å²) >= 11 is 5.80. The van der Waals surface area contributed by atoms with Crippen LogP contribution in [0.4, 0.5) is 0 Å². The second kappa shape index (κ2) is 6.53. The summed E-state index contributed by atoms with van der Waals surface area (Å²) in [5.74, 6) is 0.612. The Labute approximate surface area is 135 Å². The maximum atomic E-state index is 11.3. The third kappa shape index (κ3) is 3.89. The van der Waals surface area contributed by atoms with Crippen molar-refractivity contribution in [1.82, 2.24) is 15.0 Å². The number of aromatic hydroxyl groups is 1. The fraction of sp³-hybridized carbons (Fsp3) is 0.133. The van der Waals surface area contributed by atoms with E-state index in [0.717, 1.165) is 6.26 Å². The molecular weight excluding hydrogens is 322 g/mol. The van der Waals surface area contributed by atoms with Gasteiger partial charge in [-0.1, -0.05) is 16.8 Å². The number of hydrogen-bond acceptors (Lipinski definition) is 6. The van der Waals surface area contributed by atoms with Crippen molar-refractivity contribution in [3.05, 3.63) is 69.5 Å². The van der Waals surface area contributed by atoms with Gasteiger partial charge in [-0.25, -0.2) is 4.68 Å². The lowest BCUT2D eigenvalue weighted by Crippen LogP contribution is -2.05. The summed E-state index contributed by atoms with van der Waals surface area (Å²) in [5, 5.41) is 17.7. The van der Waals surface area contributed by atoms with Crippen LogP contribution in [-0.4, -0.2) is 20.1 Å². The average Bonchev–Trinajstić information content (AvgIpc) is 2.98. The Morgan fingerprint density at radius 3 is 2.83 bits per heavy atom. The van der Waals surface area contributed by atoms with Gasteiger partial charge in [-0.15, -0.1) is 5.10 Å². The summed E-state index contributed by atoms with van der Waals surface area (Å²) in [6.07, 6.45) is 2.68. The molecule has 3 aromatic rings. The van der Waals surface area contributed by atoms with Crippen LogP contribution in [0.15, 0.2) is 52.0 Å². The van der Waals surface area contributed by atoms with E-state index in [-0.39, 0.29) is 13.2 Å². The molecule has 0 bridgehead atoms. The Balaban J connectivity index is 1.62. The molecule has 8 heteroatoms. The molecule has 0 saturated heterocycles. The van der Waals surface area contributed by atoms with Gasteiger partial charge in [0.15, 0.2) is 5.75 Å². The SMILES string of the molecule is O=c1cc(Cn2cc(COc3ccc(Cl)cc3)nn2)occ1O. The highest BCUT2D eigenvalue weighted by Crippen LogP contribution is 2.16. The molecule has 1 N–H and O–H groups in total. The first kappa shape index (κ1) is 15.1. The van der Waals surface area contributed by atoms with Crippen molar-refractivity contribution in [2.75, 3.05) is 0 Å². The molecule has 0 unspecified atom stereocenters. The van der Waals surface area contributed by atoms with Gasteiger partial charge in [-0.3, -0.25) is 4.79 Å². The molecule has 23 heavy (non-hydrogen) atoms. The molecule has 7 nitrogen and oxygen atoms in total. The first-order valence-corrected chi connectivity index (χ1v) is 7.06. The second-order valence-electron chi connectivity index (χ2n) is 4.75. The standard InChI is InChI=1S/C15H12ClN3O4/c16-10-1-3-12(4-2-10)22-8-11-6-19(18-17-11)7-13-5-14(20)15(21)9-23-13/h1-6,9,21H,7-8H2. The first-order valence-electron chi connectivity index (χ1n) is 6.68. The molecule has 0 radical (unpaired) electrons. The minimum Gasteiger partial charge on any atom is -0.502 e. The van der Waals surface area contributed by atoms with Gasteiger partial charge >= 0.3 is 0 Å². The summed E-state index contributed by atoms with van der Waals surface area (Å²) in [4.78, 5) is 11.3. The molecule has 0 amide bonds. The molecule has 0 aliphatic carbocycles. The number of halogens is 1. The Hall–Kier alpha value is -2.80. The van der Waals surface area contributed by atoms with Gasteiger partial charge < -0.3 is 14.3 Å². The summed E-state index contributed by atoms with van der Waals surface area (Å²) in [6, 6.07) is 8.21. The van der Waals surface area contributed by atoms with E-state index in [1.165, 1.54) is 10.7 Å². The van der Waals surface area contributed by atoms with Crippen molar-refractivity contribution in [1.29, 1.82) is 0 Å². The third-order valence-corrected chi connectivity index (χ3v) is 3.22. The molecule has 118 valence electrons. The molecule has 0 atom stereocenters. The van der Waals surface area contributed by atoms with Gasteiger partial charge in [0.25, 0.3) is 0 Å². The molecule has 0 fully saturated rings. The summed E-state index contributed by atoms with van der Waals surface area (Å²) < 4.78 is 12.2.